The van der Waals surface area contributed by atoms with Crippen molar-refractivity contribution in [3.8, 4) is 0 Å². The molecule has 1 rings (SSSR count). The maximum Gasteiger partial charge on any atom is 0.0534 e. The first-order valence-corrected chi connectivity index (χ1v) is 7.53. The van der Waals surface area contributed by atoms with Crippen LogP contribution in [0.5, 0.6) is 0 Å². The summed E-state index contributed by atoms with van der Waals surface area (Å²) in [5.74, 6) is 0. The molecule has 0 saturated carbocycles. The van der Waals surface area contributed by atoms with Crippen LogP contribution < -0.4 is 5.32 Å². The monoisotopic (exact) mass is 266 g/mol. The highest BCUT2D eigenvalue weighted by Gasteiger charge is 2.22. The number of nitrogens with zero attached hydrogens (tertiary/aromatic N) is 3. The van der Waals surface area contributed by atoms with Crippen molar-refractivity contribution in [1.29, 1.82) is 0 Å². The number of hydrogen-bond acceptors (Lipinski definition) is 3. The van der Waals surface area contributed by atoms with Gasteiger partial charge in [-0.25, -0.2) is 0 Å². The molecule has 0 radical (unpaired) electrons. The molecule has 0 aliphatic carbocycles. The lowest BCUT2D eigenvalue weighted by molar-refractivity contribution is 0.173. The summed E-state index contributed by atoms with van der Waals surface area (Å²) < 4.78 is 1.87. The van der Waals surface area contributed by atoms with Crippen molar-refractivity contribution < 1.29 is 0 Å². The predicted molar refractivity (Wildman–Crippen MR) is 81.1 cm³/mol. The topological polar surface area (TPSA) is 33.1 Å². The van der Waals surface area contributed by atoms with E-state index in [2.05, 4.69) is 49.3 Å². The zero-order chi connectivity index (χ0) is 14.3. The van der Waals surface area contributed by atoms with Crippen LogP contribution in [0.25, 0.3) is 0 Å². The van der Waals surface area contributed by atoms with Crippen LogP contribution in [0.1, 0.15) is 45.6 Å². The molecule has 0 saturated heterocycles. The molecule has 1 aromatic heterocycles. The maximum absolute atomic E-state index is 4.25. The summed E-state index contributed by atoms with van der Waals surface area (Å²) >= 11 is 0. The van der Waals surface area contributed by atoms with E-state index < -0.39 is 0 Å². The molecule has 4 nitrogen and oxygen atoms in total. The van der Waals surface area contributed by atoms with Crippen LogP contribution in [-0.2, 0) is 13.6 Å². The summed E-state index contributed by atoms with van der Waals surface area (Å²) in [5.41, 5.74) is 1.29. The Hall–Kier alpha value is -0.870. The Labute approximate surface area is 118 Å². The maximum atomic E-state index is 4.25. The van der Waals surface area contributed by atoms with Crippen molar-refractivity contribution in [2.24, 2.45) is 7.05 Å². The number of aromatic nitrogens is 2. The van der Waals surface area contributed by atoms with Gasteiger partial charge in [0.15, 0.2) is 0 Å². The average Bonchev–Trinajstić information content (AvgIpc) is 2.76. The molecule has 1 heterocycles. The molecule has 0 aromatic carbocycles. The van der Waals surface area contributed by atoms with Gasteiger partial charge < -0.3 is 5.32 Å². The highest BCUT2D eigenvalue weighted by Crippen LogP contribution is 2.15. The van der Waals surface area contributed by atoms with Crippen molar-refractivity contribution in [2.45, 2.75) is 58.7 Å². The van der Waals surface area contributed by atoms with Gasteiger partial charge in [-0.05, 0) is 26.4 Å². The van der Waals surface area contributed by atoms with Crippen LogP contribution in [-0.4, -0.2) is 40.4 Å². The lowest BCUT2D eigenvalue weighted by Gasteiger charge is -2.34. The molecule has 0 aliphatic rings. The minimum Gasteiger partial charge on any atom is -0.313 e. The fraction of sp³-hybridized carbons (Fsp3) is 0.800. The fourth-order valence-corrected chi connectivity index (χ4v) is 2.87. The van der Waals surface area contributed by atoms with Gasteiger partial charge in [0.25, 0.3) is 0 Å². The van der Waals surface area contributed by atoms with Gasteiger partial charge in [-0.2, -0.15) is 5.10 Å². The molecule has 19 heavy (non-hydrogen) atoms. The largest absolute Gasteiger partial charge is 0.313 e. The van der Waals surface area contributed by atoms with Crippen molar-refractivity contribution in [1.82, 2.24) is 20.0 Å². The number of aryl methyl sites for hydroxylation is 1. The Morgan fingerprint density at radius 1 is 1.37 bits per heavy atom. The molecule has 0 aliphatic heterocycles. The van der Waals surface area contributed by atoms with E-state index in [1.165, 1.54) is 24.8 Å². The molecule has 2 atom stereocenters. The van der Waals surface area contributed by atoms with Gasteiger partial charge in [-0.3, -0.25) is 9.58 Å². The Bertz CT molecular complexity index is 342. The van der Waals surface area contributed by atoms with Crippen molar-refractivity contribution in [3.05, 3.63) is 18.0 Å². The Morgan fingerprint density at radius 3 is 2.58 bits per heavy atom. The van der Waals surface area contributed by atoms with Gasteiger partial charge in [-0.15, -0.1) is 0 Å². The van der Waals surface area contributed by atoms with Crippen LogP contribution >= 0.6 is 0 Å². The van der Waals surface area contributed by atoms with Gasteiger partial charge in [0.2, 0.25) is 0 Å². The zero-order valence-electron chi connectivity index (χ0n) is 13.2. The minimum atomic E-state index is 0.583. The molecule has 0 fully saturated rings. The number of hydrogen-bond donors (Lipinski definition) is 1. The minimum absolute atomic E-state index is 0.583. The van der Waals surface area contributed by atoms with Crippen LogP contribution in [0.15, 0.2) is 12.4 Å². The van der Waals surface area contributed by atoms with Gasteiger partial charge in [0, 0.05) is 37.4 Å². The molecule has 4 heteroatoms. The Morgan fingerprint density at radius 2 is 2.11 bits per heavy atom. The first-order chi connectivity index (χ1) is 9.12. The molecule has 110 valence electrons. The quantitative estimate of drug-likeness (QED) is 0.745. The zero-order valence-corrected chi connectivity index (χ0v) is 13.2. The second kappa shape index (κ2) is 8.33. The summed E-state index contributed by atoms with van der Waals surface area (Å²) in [7, 11) is 4.19. The van der Waals surface area contributed by atoms with E-state index in [0.717, 1.165) is 13.1 Å². The second-order valence-corrected chi connectivity index (χ2v) is 5.37. The summed E-state index contributed by atoms with van der Waals surface area (Å²) in [6, 6.07) is 1.17. The van der Waals surface area contributed by atoms with Gasteiger partial charge in [0.1, 0.15) is 0 Å². The Balaban J connectivity index is 2.65. The van der Waals surface area contributed by atoms with Crippen LogP contribution in [0.4, 0.5) is 0 Å². The first kappa shape index (κ1) is 16.2. The van der Waals surface area contributed by atoms with E-state index in [9.17, 15) is 0 Å². The van der Waals surface area contributed by atoms with Gasteiger partial charge >= 0.3 is 0 Å². The second-order valence-electron chi connectivity index (χ2n) is 5.37. The summed E-state index contributed by atoms with van der Waals surface area (Å²) in [6.45, 7) is 8.75. The predicted octanol–water partition coefficient (Wildman–Crippen LogP) is 2.41. The molecule has 0 amide bonds. The van der Waals surface area contributed by atoms with Crippen molar-refractivity contribution >= 4 is 0 Å². The van der Waals surface area contributed by atoms with E-state index in [-0.39, 0.29) is 0 Å². The number of likely N-dealkylation sites (N-methyl/N-ethyl adjacent to an activating group) is 2. The highest BCUT2D eigenvalue weighted by molar-refractivity contribution is 5.03. The van der Waals surface area contributed by atoms with E-state index in [1.807, 2.05) is 17.9 Å². The average molecular weight is 266 g/mol. The normalized spacial score (nSPS) is 14.8. The molecule has 1 N–H and O–H groups in total. The summed E-state index contributed by atoms with van der Waals surface area (Å²) in [5, 5.41) is 7.89. The lowest BCUT2D eigenvalue weighted by Crippen LogP contribution is -2.48. The third-order valence-corrected chi connectivity index (χ3v) is 3.71. The first-order valence-electron chi connectivity index (χ1n) is 7.53. The fourth-order valence-electron chi connectivity index (χ4n) is 2.87. The third-order valence-electron chi connectivity index (χ3n) is 3.71. The molecular weight excluding hydrogens is 236 g/mol. The molecule has 1 aromatic rings. The highest BCUT2D eigenvalue weighted by atomic mass is 15.2. The van der Waals surface area contributed by atoms with E-state index in [0.29, 0.717) is 12.1 Å². The molecule has 0 bridgehead atoms. The van der Waals surface area contributed by atoms with Gasteiger partial charge in [-0.1, -0.05) is 27.2 Å². The number of rotatable bonds is 9. The summed E-state index contributed by atoms with van der Waals surface area (Å²) in [6.07, 6.45) is 7.71. The lowest BCUT2D eigenvalue weighted by atomic mass is 9.99. The van der Waals surface area contributed by atoms with Gasteiger partial charge in [0.05, 0.1) is 6.20 Å². The Kier molecular flexibility index (Phi) is 7.10. The van der Waals surface area contributed by atoms with Crippen molar-refractivity contribution in [3.63, 3.8) is 0 Å². The number of nitrogens with one attached hydrogen (secondary N) is 1. The SMILES string of the molecule is CCCC(NCC)C(CC)N(C)Cc1cnn(C)c1. The molecule has 2 unspecified atom stereocenters. The molecule has 0 spiro atoms. The van der Waals surface area contributed by atoms with Crippen molar-refractivity contribution in [2.75, 3.05) is 13.6 Å². The molecular formula is C15H30N4. The van der Waals surface area contributed by atoms with Crippen LogP contribution in [0.2, 0.25) is 0 Å². The third kappa shape index (κ3) is 4.96. The standard InChI is InChI=1S/C15H30N4/c1-6-9-14(16-8-3)15(7-2)18(4)11-13-10-17-19(5)12-13/h10,12,14-16H,6-9,11H2,1-5H3. The van der Waals surface area contributed by atoms with E-state index in [1.54, 1.807) is 0 Å². The van der Waals surface area contributed by atoms with Crippen LogP contribution in [0.3, 0.4) is 0 Å². The van der Waals surface area contributed by atoms with E-state index in [4.69, 9.17) is 0 Å². The summed E-state index contributed by atoms with van der Waals surface area (Å²) in [4.78, 5) is 2.46. The van der Waals surface area contributed by atoms with E-state index >= 15 is 0 Å². The smallest absolute Gasteiger partial charge is 0.0534 e. The van der Waals surface area contributed by atoms with Crippen LogP contribution in [0, 0.1) is 0 Å².